The van der Waals surface area contributed by atoms with Crippen molar-refractivity contribution in [2.45, 2.75) is 32.8 Å². The van der Waals surface area contributed by atoms with Crippen LogP contribution in [0.3, 0.4) is 0 Å². The molecule has 2 rings (SSSR count). The van der Waals surface area contributed by atoms with Crippen molar-refractivity contribution in [2.24, 2.45) is 0 Å². The second kappa shape index (κ2) is 8.14. The summed E-state index contributed by atoms with van der Waals surface area (Å²) in [5, 5.41) is 6.59. The number of morpholine rings is 1. The molecule has 2 heterocycles. The minimum Gasteiger partial charge on any atom is -0.374 e. The van der Waals surface area contributed by atoms with Gasteiger partial charge in [-0.25, -0.2) is 9.97 Å². The van der Waals surface area contributed by atoms with Crippen LogP contribution in [0.5, 0.6) is 0 Å². The lowest BCUT2D eigenvalue weighted by Crippen LogP contribution is -2.45. The molecule has 0 bridgehead atoms. The molecule has 118 valence electrons. The van der Waals surface area contributed by atoms with Crippen molar-refractivity contribution in [3.8, 4) is 0 Å². The van der Waals surface area contributed by atoms with Crippen molar-refractivity contribution < 1.29 is 4.74 Å². The predicted octanol–water partition coefficient (Wildman–Crippen LogP) is 1.60. The monoisotopic (exact) mass is 293 g/mol. The van der Waals surface area contributed by atoms with Gasteiger partial charge in [0.15, 0.2) is 0 Å². The van der Waals surface area contributed by atoms with Crippen LogP contribution in [0.2, 0.25) is 0 Å². The van der Waals surface area contributed by atoms with Crippen LogP contribution in [-0.2, 0) is 11.2 Å². The smallest absolute Gasteiger partial charge is 0.134 e. The highest BCUT2D eigenvalue weighted by Gasteiger charge is 2.19. The third kappa shape index (κ3) is 4.28. The molecule has 0 aliphatic carbocycles. The van der Waals surface area contributed by atoms with Gasteiger partial charge in [-0.05, 0) is 13.0 Å². The van der Waals surface area contributed by atoms with Gasteiger partial charge < -0.3 is 15.4 Å². The molecule has 1 aliphatic heterocycles. The third-order valence-electron chi connectivity index (χ3n) is 3.85. The van der Waals surface area contributed by atoms with E-state index in [4.69, 9.17) is 4.74 Å². The molecule has 1 unspecified atom stereocenters. The van der Waals surface area contributed by atoms with Crippen LogP contribution in [0.1, 0.15) is 25.8 Å². The van der Waals surface area contributed by atoms with Crippen molar-refractivity contribution in [1.82, 2.24) is 14.9 Å². The number of anilines is 2. The highest BCUT2D eigenvalue weighted by atomic mass is 16.5. The van der Waals surface area contributed by atoms with Crippen LogP contribution in [0.25, 0.3) is 0 Å². The van der Waals surface area contributed by atoms with Gasteiger partial charge in [0, 0.05) is 32.2 Å². The van der Waals surface area contributed by atoms with E-state index < -0.39 is 0 Å². The number of nitrogens with one attached hydrogen (secondary N) is 2. The third-order valence-corrected chi connectivity index (χ3v) is 3.85. The molecule has 1 saturated heterocycles. The zero-order valence-corrected chi connectivity index (χ0v) is 13.4. The van der Waals surface area contributed by atoms with E-state index in [1.807, 2.05) is 7.05 Å². The molecule has 1 aromatic rings. The van der Waals surface area contributed by atoms with Gasteiger partial charge in [-0.15, -0.1) is 0 Å². The molecule has 6 heteroatoms. The van der Waals surface area contributed by atoms with Crippen molar-refractivity contribution in [2.75, 3.05) is 50.5 Å². The summed E-state index contributed by atoms with van der Waals surface area (Å²) in [6.07, 6.45) is 3.86. The van der Waals surface area contributed by atoms with E-state index in [0.717, 1.165) is 62.8 Å². The fourth-order valence-electron chi connectivity index (χ4n) is 2.67. The van der Waals surface area contributed by atoms with E-state index in [9.17, 15) is 0 Å². The summed E-state index contributed by atoms with van der Waals surface area (Å²) < 4.78 is 5.82. The van der Waals surface area contributed by atoms with Crippen molar-refractivity contribution in [3.63, 3.8) is 0 Å². The van der Waals surface area contributed by atoms with Gasteiger partial charge in [-0.1, -0.05) is 20.3 Å². The summed E-state index contributed by atoms with van der Waals surface area (Å²) >= 11 is 0. The van der Waals surface area contributed by atoms with Crippen LogP contribution in [0.15, 0.2) is 6.33 Å². The Hall–Kier alpha value is -1.40. The molecule has 1 aromatic heterocycles. The lowest BCUT2D eigenvalue weighted by Gasteiger charge is -2.32. The first-order chi connectivity index (χ1) is 10.3. The fourth-order valence-corrected chi connectivity index (χ4v) is 2.67. The van der Waals surface area contributed by atoms with Crippen molar-refractivity contribution in [3.05, 3.63) is 11.9 Å². The van der Waals surface area contributed by atoms with Crippen LogP contribution in [-0.4, -0.2) is 60.8 Å². The van der Waals surface area contributed by atoms with Crippen molar-refractivity contribution in [1.29, 1.82) is 0 Å². The summed E-state index contributed by atoms with van der Waals surface area (Å²) in [5.41, 5.74) is 1.16. The number of likely N-dealkylation sites (N-methyl/N-ethyl adjacent to an activating group) is 1. The SMILES string of the molecule is CCCc1c(NC)ncnc1NCC1CN(CC)CCO1. The van der Waals surface area contributed by atoms with E-state index in [0.29, 0.717) is 0 Å². The van der Waals surface area contributed by atoms with Gasteiger partial charge in [0.05, 0.1) is 12.7 Å². The normalized spacial score (nSPS) is 19.5. The molecule has 0 radical (unpaired) electrons. The first-order valence-electron chi connectivity index (χ1n) is 7.87. The molecule has 1 aliphatic rings. The molecule has 1 atom stereocenters. The molecule has 0 saturated carbocycles. The Morgan fingerprint density at radius 3 is 2.86 bits per heavy atom. The Morgan fingerprint density at radius 2 is 2.14 bits per heavy atom. The highest BCUT2D eigenvalue weighted by molar-refractivity contribution is 5.57. The molecule has 2 N–H and O–H groups in total. The second-order valence-corrected chi connectivity index (χ2v) is 5.32. The molecule has 0 amide bonds. The average molecular weight is 293 g/mol. The Kier molecular flexibility index (Phi) is 6.20. The molecule has 0 spiro atoms. The average Bonchev–Trinajstić information content (AvgIpc) is 2.54. The lowest BCUT2D eigenvalue weighted by atomic mass is 10.1. The van der Waals surface area contributed by atoms with Crippen LogP contribution in [0.4, 0.5) is 11.6 Å². The van der Waals surface area contributed by atoms with Crippen LogP contribution < -0.4 is 10.6 Å². The molecular weight excluding hydrogens is 266 g/mol. The zero-order valence-electron chi connectivity index (χ0n) is 13.4. The topological polar surface area (TPSA) is 62.3 Å². The zero-order chi connectivity index (χ0) is 15.1. The lowest BCUT2D eigenvalue weighted by molar-refractivity contribution is -0.0192. The first-order valence-corrected chi connectivity index (χ1v) is 7.87. The van der Waals surface area contributed by atoms with Gasteiger partial charge >= 0.3 is 0 Å². The Balaban J connectivity index is 1.99. The van der Waals surface area contributed by atoms with Gasteiger partial charge in [-0.2, -0.15) is 0 Å². The summed E-state index contributed by atoms with van der Waals surface area (Å²) in [6, 6.07) is 0. The number of hydrogen-bond donors (Lipinski definition) is 2. The second-order valence-electron chi connectivity index (χ2n) is 5.32. The Labute approximate surface area is 127 Å². The van der Waals surface area contributed by atoms with Crippen molar-refractivity contribution >= 4 is 11.6 Å². The minimum atomic E-state index is 0.223. The molecular formula is C15H27N5O. The number of rotatable bonds is 7. The van der Waals surface area contributed by atoms with E-state index in [1.165, 1.54) is 0 Å². The number of hydrogen-bond acceptors (Lipinski definition) is 6. The van der Waals surface area contributed by atoms with Gasteiger partial charge in [0.25, 0.3) is 0 Å². The quantitative estimate of drug-likeness (QED) is 0.796. The molecule has 0 aromatic carbocycles. The molecule has 1 fully saturated rings. The van der Waals surface area contributed by atoms with Crippen LogP contribution >= 0.6 is 0 Å². The maximum absolute atomic E-state index is 5.82. The largest absolute Gasteiger partial charge is 0.374 e. The van der Waals surface area contributed by atoms with E-state index in [1.54, 1.807) is 6.33 Å². The number of nitrogens with zero attached hydrogens (tertiary/aromatic N) is 3. The summed E-state index contributed by atoms with van der Waals surface area (Å²) in [7, 11) is 1.90. The molecule has 6 nitrogen and oxygen atoms in total. The van der Waals surface area contributed by atoms with E-state index >= 15 is 0 Å². The first kappa shape index (κ1) is 16.0. The fraction of sp³-hybridized carbons (Fsp3) is 0.733. The Morgan fingerprint density at radius 1 is 1.33 bits per heavy atom. The highest BCUT2D eigenvalue weighted by Crippen LogP contribution is 2.21. The number of aromatic nitrogens is 2. The maximum Gasteiger partial charge on any atom is 0.134 e. The summed E-state index contributed by atoms with van der Waals surface area (Å²) in [6.45, 7) is 9.06. The van der Waals surface area contributed by atoms with E-state index in [-0.39, 0.29) is 6.10 Å². The maximum atomic E-state index is 5.82. The minimum absolute atomic E-state index is 0.223. The standard InChI is InChI=1S/C15H27N5O/c1-4-6-13-14(16-3)18-11-19-15(13)17-9-12-10-20(5-2)7-8-21-12/h11-12H,4-10H2,1-3H3,(H2,16,17,18,19). The number of ether oxygens (including phenoxy) is 1. The predicted molar refractivity (Wildman–Crippen MR) is 85.9 cm³/mol. The Bertz CT molecular complexity index is 440. The van der Waals surface area contributed by atoms with E-state index in [2.05, 4.69) is 39.3 Å². The van der Waals surface area contributed by atoms with Crippen LogP contribution in [0, 0.1) is 0 Å². The summed E-state index contributed by atoms with van der Waals surface area (Å²) in [4.78, 5) is 11.1. The summed E-state index contributed by atoms with van der Waals surface area (Å²) in [5.74, 6) is 1.84. The van der Waals surface area contributed by atoms with Gasteiger partial charge in [0.2, 0.25) is 0 Å². The molecule has 21 heavy (non-hydrogen) atoms. The van der Waals surface area contributed by atoms with Gasteiger partial charge in [0.1, 0.15) is 18.0 Å². The van der Waals surface area contributed by atoms with Gasteiger partial charge in [-0.3, -0.25) is 4.90 Å².